The predicted molar refractivity (Wildman–Crippen MR) is 81.2 cm³/mol. The van der Waals surface area contributed by atoms with E-state index in [4.69, 9.17) is 5.73 Å². The van der Waals surface area contributed by atoms with Crippen molar-refractivity contribution < 1.29 is 9.35 Å². The molecular formula is C13H11N3O2S2. The highest BCUT2D eigenvalue weighted by atomic mass is 32.2. The van der Waals surface area contributed by atoms with Crippen LogP contribution in [0.2, 0.25) is 0 Å². The second-order valence-electron chi connectivity index (χ2n) is 4.12. The molecule has 5 nitrogen and oxygen atoms in total. The molecule has 0 aliphatic rings. The first kappa shape index (κ1) is 13.0. The molecule has 7 heteroatoms. The van der Waals surface area contributed by atoms with Crippen LogP contribution in [0.15, 0.2) is 46.0 Å². The molecule has 0 saturated heterocycles. The van der Waals surface area contributed by atoms with Gasteiger partial charge < -0.3 is 15.3 Å². The van der Waals surface area contributed by atoms with Crippen LogP contribution in [0.25, 0.3) is 10.9 Å². The van der Waals surface area contributed by atoms with Crippen molar-refractivity contribution in [2.24, 2.45) is 5.73 Å². The van der Waals surface area contributed by atoms with Gasteiger partial charge in [0.2, 0.25) is 4.21 Å². The number of amides is 1. The van der Waals surface area contributed by atoms with Crippen molar-refractivity contribution in [3.63, 3.8) is 0 Å². The Morgan fingerprint density at radius 3 is 2.90 bits per heavy atom. The Morgan fingerprint density at radius 1 is 1.35 bits per heavy atom. The van der Waals surface area contributed by atoms with Gasteiger partial charge >= 0.3 is 0 Å². The minimum Gasteiger partial charge on any atom is -0.587 e. The molecule has 1 atom stereocenters. The summed E-state index contributed by atoms with van der Waals surface area (Å²) < 4.78 is 15.8. The van der Waals surface area contributed by atoms with E-state index in [-0.39, 0.29) is 0 Å². The van der Waals surface area contributed by atoms with Crippen LogP contribution in [-0.2, 0) is 11.4 Å². The van der Waals surface area contributed by atoms with Gasteiger partial charge in [-0.1, -0.05) is 23.5 Å². The quantitative estimate of drug-likeness (QED) is 0.646. The maximum atomic E-state index is 12.2. The molecule has 2 aromatic heterocycles. The fourth-order valence-electron chi connectivity index (χ4n) is 1.89. The number of aromatic amines is 1. The molecule has 0 aliphatic carbocycles. The predicted octanol–water partition coefficient (Wildman–Crippen LogP) is 2.46. The zero-order valence-corrected chi connectivity index (χ0v) is 11.9. The lowest BCUT2D eigenvalue weighted by molar-refractivity contribution is 0.0996. The molecule has 20 heavy (non-hydrogen) atoms. The molecule has 0 saturated carbocycles. The number of para-hydroxylation sites is 1. The van der Waals surface area contributed by atoms with Crippen LogP contribution in [0.1, 0.15) is 10.5 Å². The number of thiophene rings is 1. The van der Waals surface area contributed by atoms with Gasteiger partial charge in [0.1, 0.15) is 22.7 Å². The van der Waals surface area contributed by atoms with E-state index < -0.39 is 17.3 Å². The zero-order valence-electron chi connectivity index (χ0n) is 10.3. The van der Waals surface area contributed by atoms with Crippen molar-refractivity contribution in [1.29, 1.82) is 0 Å². The highest BCUT2D eigenvalue weighted by molar-refractivity contribution is 7.94. The molecule has 1 aromatic carbocycles. The van der Waals surface area contributed by atoms with Crippen LogP contribution < -0.4 is 10.5 Å². The Morgan fingerprint density at radius 2 is 2.20 bits per heavy atom. The average molecular weight is 305 g/mol. The van der Waals surface area contributed by atoms with E-state index in [2.05, 4.69) is 9.71 Å². The first-order chi connectivity index (χ1) is 9.65. The Kier molecular flexibility index (Phi) is 3.39. The van der Waals surface area contributed by atoms with Crippen molar-refractivity contribution in [2.45, 2.75) is 4.21 Å². The number of H-pyrrole nitrogens is 1. The number of benzene rings is 1. The summed E-state index contributed by atoms with van der Waals surface area (Å²) in [5.41, 5.74) is 6.97. The van der Waals surface area contributed by atoms with Crippen LogP contribution >= 0.6 is 11.3 Å². The second-order valence-corrected chi connectivity index (χ2v) is 6.51. The summed E-state index contributed by atoms with van der Waals surface area (Å²) in [7, 11) is 0. The summed E-state index contributed by atoms with van der Waals surface area (Å²) in [6.45, 7) is 0. The maximum absolute atomic E-state index is 12.2. The van der Waals surface area contributed by atoms with Gasteiger partial charge in [-0.3, -0.25) is 4.79 Å². The van der Waals surface area contributed by atoms with Crippen molar-refractivity contribution >= 4 is 45.2 Å². The molecule has 0 spiro atoms. The van der Waals surface area contributed by atoms with Gasteiger partial charge in [-0.05, 0) is 23.6 Å². The van der Waals surface area contributed by atoms with E-state index >= 15 is 0 Å². The Hall–Kier alpha value is -1.96. The lowest BCUT2D eigenvalue weighted by atomic mass is 10.2. The van der Waals surface area contributed by atoms with Crippen molar-refractivity contribution in [2.75, 3.05) is 4.72 Å². The Bertz CT molecular complexity index is 752. The lowest BCUT2D eigenvalue weighted by Gasteiger charge is -2.10. The van der Waals surface area contributed by atoms with E-state index in [1.165, 1.54) is 11.3 Å². The minimum atomic E-state index is -1.33. The third-order valence-corrected chi connectivity index (χ3v) is 5.11. The maximum Gasteiger partial charge on any atom is 0.265 e. The lowest BCUT2D eigenvalue weighted by Crippen LogP contribution is -2.12. The Labute approximate surface area is 122 Å². The van der Waals surface area contributed by atoms with Crippen LogP contribution in [0, 0.1) is 0 Å². The molecule has 3 aromatic rings. The van der Waals surface area contributed by atoms with E-state index in [9.17, 15) is 9.35 Å². The van der Waals surface area contributed by atoms with Gasteiger partial charge in [0.15, 0.2) is 0 Å². The summed E-state index contributed by atoms with van der Waals surface area (Å²) in [5.74, 6) is -0.522. The van der Waals surface area contributed by atoms with Crippen LogP contribution in [-0.4, -0.2) is 15.4 Å². The van der Waals surface area contributed by atoms with Gasteiger partial charge in [-0.25, -0.2) is 4.72 Å². The first-order valence-corrected chi connectivity index (χ1v) is 7.81. The molecule has 1 unspecified atom stereocenters. The summed E-state index contributed by atoms with van der Waals surface area (Å²) >= 11 is 0.0904. The van der Waals surface area contributed by atoms with Crippen molar-refractivity contribution in [3.8, 4) is 0 Å². The van der Waals surface area contributed by atoms with Gasteiger partial charge in [-0.2, -0.15) is 0 Å². The molecule has 102 valence electrons. The van der Waals surface area contributed by atoms with Crippen LogP contribution in [0.4, 0.5) is 5.69 Å². The molecule has 3 rings (SSSR count). The standard InChI is InChI=1S/C13H11N3O2S2/c14-13(17)10-7-8-3-1-4-9(12(8)15-10)16-20(18)11-5-2-6-19-11/h1-7,15-16H,(H2,14,17). The molecule has 0 bridgehead atoms. The molecule has 1 amide bonds. The summed E-state index contributed by atoms with van der Waals surface area (Å²) in [4.78, 5) is 14.1. The number of fused-ring (bicyclic) bond motifs is 1. The number of carbonyl (C=O) groups is 1. The number of hydrogen-bond acceptors (Lipinski definition) is 4. The third kappa shape index (κ3) is 2.38. The summed E-state index contributed by atoms with van der Waals surface area (Å²) in [6, 6.07) is 10.8. The van der Waals surface area contributed by atoms with Gasteiger partial charge in [0.25, 0.3) is 5.91 Å². The number of hydrogen-bond donors (Lipinski definition) is 3. The largest absolute Gasteiger partial charge is 0.587 e. The number of carbonyl (C=O) groups excluding carboxylic acids is 1. The second kappa shape index (κ2) is 5.20. The molecule has 0 aliphatic heterocycles. The van der Waals surface area contributed by atoms with Crippen molar-refractivity contribution in [3.05, 3.63) is 47.5 Å². The highest BCUT2D eigenvalue weighted by Gasteiger charge is 2.16. The first-order valence-electron chi connectivity index (χ1n) is 5.78. The highest BCUT2D eigenvalue weighted by Crippen LogP contribution is 2.27. The number of anilines is 1. The number of rotatable bonds is 4. The number of aromatic nitrogens is 1. The monoisotopic (exact) mass is 305 g/mol. The molecular weight excluding hydrogens is 294 g/mol. The smallest absolute Gasteiger partial charge is 0.265 e. The number of primary amides is 1. The summed E-state index contributed by atoms with van der Waals surface area (Å²) in [5, 5.41) is 2.71. The van der Waals surface area contributed by atoms with Gasteiger partial charge in [0.05, 0.1) is 5.52 Å². The van der Waals surface area contributed by atoms with Crippen molar-refractivity contribution in [1.82, 2.24) is 4.98 Å². The van der Waals surface area contributed by atoms with E-state index in [1.54, 1.807) is 18.2 Å². The van der Waals surface area contributed by atoms with Gasteiger partial charge in [0, 0.05) is 11.5 Å². The Balaban J connectivity index is 1.97. The third-order valence-electron chi connectivity index (χ3n) is 2.80. The normalized spacial score (nSPS) is 12.4. The van der Waals surface area contributed by atoms with E-state index in [0.29, 0.717) is 16.9 Å². The summed E-state index contributed by atoms with van der Waals surface area (Å²) in [6.07, 6.45) is 0. The van der Waals surface area contributed by atoms with E-state index in [0.717, 1.165) is 9.60 Å². The van der Waals surface area contributed by atoms with Gasteiger partial charge in [-0.15, -0.1) is 0 Å². The fourth-order valence-corrected chi connectivity index (χ4v) is 3.66. The number of nitrogens with two attached hydrogens (primary N) is 1. The van der Waals surface area contributed by atoms with Crippen LogP contribution in [0.5, 0.6) is 0 Å². The minimum absolute atomic E-state index is 0.330. The van der Waals surface area contributed by atoms with Crippen LogP contribution in [0.3, 0.4) is 0 Å². The molecule has 0 fully saturated rings. The zero-order chi connectivity index (χ0) is 14.1. The molecule has 2 heterocycles. The molecule has 4 N–H and O–H groups in total. The molecule has 0 radical (unpaired) electrons. The average Bonchev–Trinajstić information content (AvgIpc) is 3.08. The fraction of sp³-hybridized carbons (Fsp3) is 0. The number of nitrogens with one attached hydrogen (secondary N) is 2. The van der Waals surface area contributed by atoms with E-state index in [1.807, 2.05) is 23.6 Å². The topological polar surface area (TPSA) is 94.0 Å². The SMILES string of the molecule is NC(=O)c1cc2cccc(N[S+]([O-])c3cccs3)c2[nH]1.